The van der Waals surface area contributed by atoms with Crippen molar-refractivity contribution in [2.45, 2.75) is 0 Å². The fourth-order valence-corrected chi connectivity index (χ4v) is 2.26. The molecule has 2 aromatic rings. The second-order valence-corrected chi connectivity index (χ2v) is 4.38. The normalized spacial score (nSPS) is 10.1. The van der Waals surface area contributed by atoms with Crippen molar-refractivity contribution in [3.8, 4) is 22.6 Å². The fraction of sp³-hybridized carbons (Fsp3) is 0.125. The molecule has 114 valence electrons. The number of carbonyl (C=O) groups is 2. The molecule has 0 amide bonds. The minimum Gasteiger partial charge on any atom is -0.493 e. The summed E-state index contributed by atoms with van der Waals surface area (Å²) in [6.07, 6.45) is 0. The predicted molar refractivity (Wildman–Crippen MR) is 78.9 cm³/mol. The van der Waals surface area contributed by atoms with Gasteiger partial charge in [0.25, 0.3) is 0 Å². The highest BCUT2D eigenvalue weighted by Crippen LogP contribution is 2.41. The molecule has 0 aliphatic carbocycles. The molecule has 6 nitrogen and oxygen atoms in total. The first-order valence-corrected chi connectivity index (χ1v) is 6.32. The Hall–Kier alpha value is -3.02. The van der Waals surface area contributed by atoms with Gasteiger partial charge >= 0.3 is 11.9 Å². The van der Waals surface area contributed by atoms with Crippen molar-refractivity contribution in [1.82, 2.24) is 0 Å². The van der Waals surface area contributed by atoms with Gasteiger partial charge < -0.3 is 19.7 Å². The maximum Gasteiger partial charge on any atom is 0.336 e. The average molecular weight is 302 g/mol. The molecule has 0 heterocycles. The fourth-order valence-electron chi connectivity index (χ4n) is 2.26. The zero-order valence-electron chi connectivity index (χ0n) is 12.0. The Kier molecular flexibility index (Phi) is 4.31. The third-order valence-electron chi connectivity index (χ3n) is 3.20. The van der Waals surface area contributed by atoms with Crippen LogP contribution in [0.25, 0.3) is 11.1 Å². The van der Waals surface area contributed by atoms with Crippen LogP contribution in [0.2, 0.25) is 0 Å². The van der Waals surface area contributed by atoms with Gasteiger partial charge in [-0.2, -0.15) is 0 Å². The summed E-state index contributed by atoms with van der Waals surface area (Å²) in [5.41, 5.74) is 0.346. The van der Waals surface area contributed by atoms with Crippen molar-refractivity contribution in [3.05, 3.63) is 47.5 Å². The molecular weight excluding hydrogens is 288 g/mol. The summed E-state index contributed by atoms with van der Waals surface area (Å²) in [4.78, 5) is 22.9. The lowest BCUT2D eigenvalue weighted by Crippen LogP contribution is -2.06. The summed E-state index contributed by atoms with van der Waals surface area (Å²) in [5.74, 6) is -1.84. The van der Waals surface area contributed by atoms with Crippen LogP contribution in [0.1, 0.15) is 20.7 Å². The van der Waals surface area contributed by atoms with Gasteiger partial charge in [0.2, 0.25) is 0 Å². The molecule has 0 bridgehead atoms. The molecule has 0 aliphatic rings. The molecule has 0 saturated heterocycles. The van der Waals surface area contributed by atoms with E-state index in [1.54, 1.807) is 12.1 Å². The smallest absolute Gasteiger partial charge is 0.336 e. The van der Waals surface area contributed by atoms with Crippen molar-refractivity contribution in [3.63, 3.8) is 0 Å². The Bertz CT molecular complexity index is 735. The van der Waals surface area contributed by atoms with Gasteiger partial charge in [-0.05, 0) is 18.2 Å². The SMILES string of the molecule is COc1ccc(C(=O)O)c(-c2ccccc2C(=O)O)c1OC. The van der Waals surface area contributed by atoms with Gasteiger partial charge in [-0.3, -0.25) is 0 Å². The lowest BCUT2D eigenvalue weighted by Gasteiger charge is -2.16. The Labute approximate surface area is 126 Å². The van der Waals surface area contributed by atoms with E-state index in [2.05, 4.69) is 0 Å². The molecule has 0 spiro atoms. The Balaban J connectivity index is 2.89. The molecule has 22 heavy (non-hydrogen) atoms. The molecule has 0 radical (unpaired) electrons. The molecule has 0 atom stereocenters. The van der Waals surface area contributed by atoms with E-state index in [9.17, 15) is 19.8 Å². The largest absolute Gasteiger partial charge is 0.493 e. The number of rotatable bonds is 5. The molecule has 0 saturated carbocycles. The molecule has 0 aliphatic heterocycles. The van der Waals surface area contributed by atoms with Crippen molar-refractivity contribution >= 4 is 11.9 Å². The van der Waals surface area contributed by atoms with Crippen LogP contribution < -0.4 is 9.47 Å². The van der Waals surface area contributed by atoms with Crippen LogP contribution in [0, 0.1) is 0 Å². The molecule has 0 fully saturated rings. The lowest BCUT2D eigenvalue weighted by molar-refractivity contribution is 0.0684. The highest BCUT2D eigenvalue weighted by atomic mass is 16.5. The Morgan fingerprint density at radius 3 is 2.05 bits per heavy atom. The van der Waals surface area contributed by atoms with Crippen LogP contribution in [0.5, 0.6) is 11.5 Å². The summed E-state index contributed by atoms with van der Waals surface area (Å²) in [6.45, 7) is 0. The second-order valence-electron chi connectivity index (χ2n) is 4.38. The number of aromatic carboxylic acids is 2. The average Bonchev–Trinajstić information content (AvgIpc) is 2.52. The number of hydrogen-bond donors (Lipinski definition) is 2. The van der Waals surface area contributed by atoms with Crippen LogP contribution in [0.15, 0.2) is 36.4 Å². The van der Waals surface area contributed by atoms with Gasteiger partial charge in [0.15, 0.2) is 11.5 Å². The van der Waals surface area contributed by atoms with Crippen LogP contribution in [0.4, 0.5) is 0 Å². The van der Waals surface area contributed by atoms with Crippen LogP contribution >= 0.6 is 0 Å². The van der Waals surface area contributed by atoms with Crippen molar-refractivity contribution < 1.29 is 29.3 Å². The highest BCUT2D eigenvalue weighted by Gasteiger charge is 2.24. The van der Waals surface area contributed by atoms with Gasteiger partial charge in [-0.1, -0.05) is 18.2 Å². The monoisotopic (exact) mass is 302 g/mol. The Morgan fingerprint density at radius 2 is 1.50 bits per heavy atom. The molecule has 2 N–H and O–H groups in total. The third-order valence-corrected chi connectivity index (χ3v) is 3.20. The van der Waals surface area contributed by atoms with Crippen molar-refractivity contribution in [1.29, 1.82) is 0 Å². The summed E-state index contributed by atoms with van der Waals surface area (Å²) < 4.78 is 10.4. The first kappa shape index (κ1) is 15.4. The summed E-state index contributed by atoms with van der Waals surface area (Å²) in [7, 11) is 2.79. The topological polar surface area (TPSA) is 93.1 Å². The second kappa shape index (κ2) is 6.17. The molecule has 0 aromatic heterocycles. The summed E-state index contributed by atoms with van der Waals surface area (Å²) >= 11 is 0. The lowest BCUT2D eigenvalue weighted by atomic mass is 9.94. The number of benzene rings is 2. The number of hydrogen-bond acceptors (Lipinski definition) is 4. The molecule has 0 unspecified atom stereocenters. The number of carboxylic acids is 2. The van der Waals surface area contributed by atoms with Gasteiger partial charge in [0.05, 0.1) is 25.3 Å². The first-order valence-electron chi connectivity index (χ1n) is 6.32. The zero-order chi connectivity index (χ0) is 16.3. The van der Waals surface area contributed by atoms with Gasteiger partial charge in [-0.15, -0.1) is 0 Å². The van der Waals surface area contributed by atoms with Gasteiger partial charge in [-0.25, -0.2) is 9.59 Å². The minimum atomic E-state index is -1.18. The Morgan fingerprint density at radius 1 is 0.864 bits per heavy atom. The van der Waals surface area contributed by atoms with E-state index in [0.717, 1.165) is 0 Å². The highest BCUT2D eigenvalue weighted by molar-refractivity contribution is 6.04. The van der Waals surface area contributed by atoms with E-state index in [1.165, 1.54) is 38.5 Å². The van der Waals surface area contributed by atoms with Crippen molar-refractivity contribution in [2.75, 3.05) is 14.2 Å². The van der Waals surface area contributed by atoms with Gasteiger partial charge in [0, 0.05) is 11.1 Å². The van der Waals surface area contributed by atoms with Crippen molar-refractivity contribution in [2.24, 2.45) is 0 Å². The van der Waals surface area contributed by atoms with Gasteiger partial charge in [0.1, 0.15) is 0 Å². The quantitative estimate of drug-likeness (QED) is 0.882. The summed E-state index contributed by atoms with van der Waals surface area (Å²) in [5, 5.41) is 18.7. The van der Waals surface area contributed by atoms with E-state index in [1.807, 2.05) is 0 Å². The maximum absolute atomic E-state index is 11.5. The first-order chi connectivity index (χ1) is 10.5. The van der Waals surface area contributed by atoms with E-state index >= 15 is 0 Å². The third kappa shape index (κ3) is 2.58. The number of carboxylic acid groups (broad SMARTS) is 2. The number of methoxy groups -OCH3 is 2. The molecule has 6 heteroatoms. The predicted octanol–water partition coefficient (Wildman–Crippen LogP) is 2.77. The van der Waals surface area contributed by atoms with E-state index in [4.69, 9.17) is 9.47 Å². The van der Waals surface area contributed by atoms with Crippen LogP contribution in [-0.4, -0.2) is 36.4 Å². The standard InChI is InChI=1S/C16H14O6/c1-21-12-8-7-11(16(19)20)13(14(12)22-2)9-5-3-4-6-10(9)15(17)18/h3-8H,1-2H3,(H,17,18)(H,19,20). The zero-order valence-corrected chi connectivity index (χ0v) is 12.0. The van der Waals surface area contributed by atoms with E-state index in [0.29, 0.717) is 5.75 Å². The van der Waals surface area contributed by atoms with E-state index in [-0.39, 0.29) is 28.0 Å². The molecule has 2 rings (SSSR count). The molecular formula is C16H14O6. The van der Waals surface area contributed by atoms with Crippen LogP contribution in [-0.2, 0) is 0 Å². The van der Waals surface area contributed by atoms with E-state index < -0.39 is 11.9 Å². The molecule has 2 aromatic carbocycles. The number of ether oxygens (including phenoxy) is 2. The summed E-state index contributed by atoms with van der Waals surface area (Å²) in [6, 6.07) is 8.97. The maximum atomic E-state index is 11.5. The van der Waals surface area contributed by atoms with Crippen LogP contribution in [0.3, 0.4) is 0 Å². The minimum absolute atomic E-state index is 0.0171.